The van der Waals surface area contributed by atoms with Gasteiger partial charge >= 0.3 is 0 Å². The van der Waals surface area contributed by atoms with Crippen LogP contribution in [0.3, 0.4) is 0 Å². The van der Waals surface area contributed by atoms with Crippen LogP contribution in [0.1, 0.15) is 25.0 Å². The van der Waals surface area contributed by atoms with Crippen LogP contribution in [0, 0.1) is 6.92 Å². The predicted octanol–water partition coefficient (Wildman–Crippen LogP) is 3.09. The molecule has 0 bridgehead atoms. The lowest BCUT2D eigenvalue weighted by atomic mass is 10.2. The number of amides is 1. The zero-order chi connectivity index (χ0) is 18.2. The quantitative estimate of drug-likeness (QED) is 0.758. The van der Waals surface area contributed by atoms with Crippen LogP contribution in [-0.2, 0) is 11.3 Å². The van der Waals surface area contributed by atoms with Crippen molar-refractivity contribution < 1.29 is 14.4 Å². The molecule has 2 aromatic carbocycles. The second-order valence-electron chi connectivity index (χ2n) is 6.01. The molecular weight excluding hydrogens is 336 g/mol. The molecule has 0 radical (unpaired) electrons. The molecule has 0 fully saturated rings. The Labute approximate surface area is 154 Å². The Bertz CT molecular complexity index is 719. The van der Waals surface area contributed by atoms with Crippen LogP contribution in [-0.4, -0.2) is 25.6 Å². The van der Waals surface area contributed by atoms with Gasteiger partial charge in [-0.15, -0.1) is 0 Å². The third-order valence-electron chi connectivity index (χ3n) is 4.10. The zero-order valence-electron chi connectivity index (χ0n) is 15.1. The second-order valence-corrected chi connectivity index (χ2v) is 6.44. The van der Waals surface area contributed by atoms with Crippen molar-refractivity contribution in [1.29, 1.82) is 0 Å². The van der Waals surface area contributed by atoms with Gasteiger partial charge in [0.15, 0.2) is 6.54 Å². The third kappa shape index (κ3) is 5.76. The first-order chi connectivity index (χ1) is 12.0. The summed E-state index contributed by atoms with van der Waals surface area (Å²) in [6, 6.07) is 13.5. The fourth-order valence-corrected chi connectivity index (χ4v) is 2.85. The summed E-state index contributed by atoms with van der Waals surface area (Å²) in [6.07, 6.45) is 0. The number of halogens is 1. The standard InChI is InChI=1S/C20H25ClN2O2/c1-4-23(13-16-8-6-7-9-19(16)25-5-2)14-20(24)22-18-12-17(21)11-10-15(18)3/h6-12H,4-5,13-14H2,1-3H3,(H,22,24)/p+1. The van der Waals surface area contributed by atoms with Crippen molar-refractivity contribution in [2.75, 3.05) is 25.0 Å². The maximum atomic E-state index is 12.4. The fourth-order valence-electron chi connectivity index (χ4n) is 2.68. The number of rotatable bonds is 8. The maximum absolute atomic E-state index is 12.4. The van der Waals surface area contributed by atoms with Crippen LogP contribution in [0.15, 0.2) is 42.5 Å². The van der Waals surface area contributed by atoms with Crippen LogP contribution in [0.2, 0.25) is 5.02 Å². The molecule has 2 N–H and O–H groups in total. The summed E-state index contributed by atoms with van der Waals surface area (Å²) in [5.41, 5.74) is 2.88. The number of hydrogen-bond donors (Lipinski definition) is 2. The van der Waals surface area contributed by atoms with Gasteiger partial charge in [-0.1, -0.05) is 29.8 Å². The highest BCUT2D eigenvalue weighted by Crippen LogP contribution is 2.20. The van der Waals surface area contributed by atoms with E-state index in [1.54, 1.807) is 6.07 Å². The van der Waals surface area contributed by atoms with E-state index in [2.05, 4.69) is 18.3 Å². The number of hydrogen-bond acceptors (Lipinski definition) is 2. The summed E-state index contributed by atoms with van der Waals surface area (Å²) < 4.78 is 5.68. The molecule has 2 rings (SSSR count). The van der Waals surface area contributed by atoms with E-state index in [0.29, 0.717) is 18.2 Å². The van der Waals surface area contributed by atoms with Gasteiger partial charge in [-0.25, -0.2) is 0 Å². The summed E-state index contributed by atoms with van der Waals surface area (Å²) >= 11 is 6.02. The maximum Gasteiger partial charge on any atom is 0.279 e. The monoisotopic (exact) mass is 361 g/mol. The van der Waals surface area contributed by atoms with Gasteiger partial charge in [0.1, 0.15) is 12.3 Å². The van der Waals surface area contributed by atoms with Gasteiger partial charge in [-0.3, -0.25) is 4.79 Å². The molecule has 0 heterocycles. The van der Waals surface area contributed by atoms with E-state index in [4.69, 9.17) is 16.3 Å². The number of ether oxygens (including phenoxy) is 1. The highest BCUT2D eigenvalue weighted by molar-refractivity contribution is 6.31. The predicted molar refractivity (Wildman–Crippen MR) is 103 cm³/mol. The summed E-state index contributed by atoms with van der Waals surface area (Å²) in [5.74, 6) is 0.873. The van der Waals surface area contributed by atoms with Crippen LogP contribution in [0.25, 0.3) is 0 Å². The van der Waals surface area contributed by atoms with Gasteiger partial charge < -0.3 is 15.0 Å². The summed E-state index contributed by atoms with van der Waals surface area (Å²) in [7, 11) is 0. The minimum absolute atomic E-state index is 0.0175. The summed E-state index contributed by atoms with van der Waals surface area (Å²) in [4.78, 5) is 13.6. The van der Waals surface area contributed by atoms with E-state index in [1.807, 2.05) is 44.2 Å². The second kappa shape index (κ2) is 9.44. The van der Waals surface area contributed by atoms with Crippen molar-refractivity contribution in [3.05, 3.63) is 58.6 Å². The molecular formula is C20H26ClN2O2+. The molecule has 1 unspecified atom stereocenters. The Morgan fingerprint density at radius 1 is 1.20 bits per heavy atom. The van der Waals surface area contributed by atoms with Crippen LogP contribution in [0.5, 0.6) is 5.75 Å². The molecule has 0 aliphatic heterocycles. The highest BCUT2D eigenvalue weighted by atomic mass is 35.5. The number of carbonyl (C=O) groups is 1. The van der Waals surface area contributed by atoms with Crippen molar-refractivity contribution in [3.63, 3.8) is 0 Å². The van der Waals surface area contributed by atoms with Crippen molar-refractivity contribution in [2.45, 2.75) is 27.3 Å². The SMILES string of the molecule is CCOc1ccccc1C[NH+](CC)CC(=O)Nc1cc(Cl)ccc1C. The van der Waals surface area contributed by atoms with Crippen LogP contribution in [0.4, 0.5) is 5.69 Å². The Kier molecular flexibility index (Phi) is 7.29. The Morgan fingerprint density at radius 3 is 2.68 bits per heavy atom. The molecule has 1 amide bonds. The Balaban J connectivity index is 2.02. The van der Waals surface area contributed by atoms with Crippen molar-refractivity contribution >= 4 is 23.2 Å². The van der Waals surface area contributed by atoms with Gasteiger partial charge in [0.25, 0.3) is 5.91 Å². The zero-order valence-corrected chi connectivity index (χ0v) is 15.8. The molecule has 0 spiro atoms. The molecule has 0 aliphatic carbocycles. The average Bonchev–Trinajstić information content (AvgIpc) is 2.59. The van der Waals surface area contributed by atoms with E-state index < -0.39 is 0 Å². The molecule has 0 saturated heterocycles. The van der Waals surface area contributed by atoms with E-state index >= 15 is 0 Å². The normalized spacial score (nSPS) is 11.8. The van der Waals surface area contributed by atoms with Crippen molar-refractivity contribution in [2.24, 2.45) is 0 Å². The highest BCUT2D eigenvalue weighted by Gasteiger charge is 2.16. The molecule has 0 aromatic heterocycles. The lowest BCUT2D eigenvalue weighted by molar-refractivity contribution is -0.903. The number of aryl methyl sites for hydroxylation is 1. The van der Waals surface area contributed by atoms with E-state index in [9.17, 15) is 4.79 Å². The van der Waals surface area contributed by atoms with Crippen molar-refractivity contribution in [1.82, 2.24) is 0 Å². The molecule has 134 valence electrons. The smallest absolute Gasteiger partial charge is 0.279 e. The lowest BCUT2D eigenvalue weighted by Crippen LogP contribution is -3.11. The molecule has 0 saturated carbocycles. The van der Waals surface area contributed by atoms with E-state index in [1.165, 1.54) is 4.90 Å². The lowest BCUT2D eigenvalue weighted by Gasteiger charge is -2.19. The molecule has 2 aromatic rings. The number of quaternary nitrogens is 1. The minimum Gasteiger partial charge on any atom is -0.493 e. The number of para-hydroxylation sites is 1. The fraction of sp³-hybridized carbons (Fsp3) is 0.350. The van der Waals surface area contributed by atoms with Gasteiger partial charge in [0.2, 0.25) is 0 Å². The average molecular weight is 362 g/mol. The number of anilines is 1. The van der Waals surface area contributed by atoms with E-state index in [0.717, 1.165) is 35.7 Å². The first-order valence-electron chi connectivity index (χ1n) is 8.63. The van der Waals surface area contributed by atoms with Gasteiger partial charge in [-0.05, 0) is 50.6 Å². The third-order valence-corrected chi connectivity index (χ3v) is 4.33. The first-order valence-corrected chi connectivity index (χ1v) is 9.01. The first kappa shape index (κ1) is 19.3. The molecule has 0 aliphatic rings. The minimum atomic E-state index is -0.0175. The largest absolute Gasteiger partial charge is 0.493 e. The Hall–Kier alpha value is -2.04. The molecule has 1 atom stereocenters. The number of carbonyl (C=O) groups excluding carboxylic acids is 1. The van der Waals surface area contributed by atoms with Gasteiger partial charge in [0, 0.05) is 16.3 Å². The molecule has 4 nitrogen and oxygen atoms in total. The molecule has 5 heteroatoms. The van der Waals surface area contributed by atoms with Crippen molar-refractivity contribution in [3.8, 4) is 5.75 Å². The van der Waals surface area contributed by atoms with Crippen LogP contribution < -0.4 is 15.0 Å². The van der Waals surface area contributed by atoms with Crippen LogP contribution >= 0.6 is 11.6 Å². The van der Waals surface area contributed by atoms with Gasteiger partial charge in [-0.2, -0.15) is 0 Å². The molecule has 25 heavy (non-hydrogen) atoms. The number of benzene rings is 2. The number of likely N-dealkylation sites (N-methyl/N-ethyl adjacent to an activating group) is 1. The van der Waals surface area contributed by atoms with E-state index in [-0.39, 0.29) is 5.91 Å². The van der Waals surface area contributed by atoms with Gasteiger partial charge in [0.05, 0.1) is 13.2 Å². The number of nitrogens with one attached hydrogen (secondary N) is 2. The summed E-state index contributed by atoms with van der Waals surface area (Å²) in [5, 5.41) is 3.58. The topological polar surface area (TPSA) is 42.8 Å². The summed E-state index contributed by atoms with van der Waals surface area (Å²) in [6.45, 7) is 8.63. The Morgan fingerprint density at radius 2 is 1.96 bits per heavy atom.